The van der Waals surface area contributed by atoms with Crippen molar-refractivity contribution in [2.24, 2.45) is 0 Å². The Morgan fingerprint density at radius 1 is 1.12 bits per heavy atom. The first kappa shape index (κ1) is 16.9. The molecule has 0 aliphatic heterocycles. The van der Waals surface area contributed by atoms with Crippen LogP contribution in [0.15, 0.2) is 54.6 Å². The van der Waals surface area contributed by atoms with E-state index in [1.807, 2.05) is 18.2 Å². The molecule has 5 nitrogen and oxygen atoms in total. The van der Waals surface area contributed by atoms with Crippen LogP contribution in [0, 0.1) is 0 Å². The number of anilines is 1. The second kappa shape index (κ2) is 7.29. The van der Waals surface area contributed by atoms with Crippen molar-refractivity contribution in [3.63, 3.8) is 0 Å². The Morgan fingerprint density at radius 2 is 1.80 bits per heavy atom. The van der Waals surface area contributed by atoms with Gasteiger partial charge in [0.05, 0.1) is 11.0 Å². The second-order valence-corrected chi connectivity index (χ2v) is 5.71. The number of amides is 2. The minimum absolute atomic E-state index is 0.189. The Labute approximate surface area is 143 Å². The number of urea groups is 1. The molecule has 0 aliphatic rings. The van der Waals surface area contributed by atoms with Crippen LogP contribution in [0.3, 0.4) is 0 Å². The van der Waals surface area contributed by atoms with E-state index in [1.165, 1.54) is 0 Å². The predicted molar refractivity (Wildman–Crippen MR) is 92.9 cm³/mol. The molecule has 7 heteroatoms. The molecule has 0 saturated heterocycles. The van der Waals surface area contributed by atoms with Gasteiger partial charge < -0.3 is 10.6 Å². The zero-order valence-corrected chi connectivity index (χ0v) is 13.6. The number of carbonyl (C=O) groups is 1. The molecule has 130 valence electrons. The predicted octanol–water partition coefficient (Wildman–Crippen LogP) is 4.36. The molecule has 1 heterocycles. The lowest BCUT2D eigenvalue weighted by Crippen LogP contribution is -2.32. The van der Waals surface area contributed by atoms with Crippen molar-refractivity contribution in [1.29, 1.82) is 0 Å². The van der Waals surface area contributed by atoms with E-state index in [1.54, 1.807) is 43.3 Å². The van der Waals surface area contributed by atoms with Crippen molar-refractivity contribution < 1.29 is 13.6 Å². The van der Waals surface area contributed by atoms with Crippen LogP contribution in [0.1, 0.15) is 25.2 Å². The van der Waals surface area contributed by atoms with E-state index < -0.39 is 12.6 Å². The molecule has 2 amide bonds. The summed E-state index contributed by atoms with van der Waals surface area (Å²) in [5.41, 5.74) is 1.55. The molecule has 1 aromatic heterocycles. The molecule has 3 aromatic rings. The summed E-state index contributed by atoms with van der Waals surface area (Å²) in [6.07, 6.45) is 0. The van der Waals surface area contributed by atoms with Gasteiger partial charge in [-0.15, -0.1) is 0 Å². The Balaban J connectivity index is 1.71. The van der Waals surface area contributed by atoms with Crippen molar-refractivity contribution >= 4 is 22.8 Å². The lowest BCUT2D eigenvalue weighted by molar-refractivity contribution is 0.0705. The summed E-state index contributed by atoms with van der Waals surface area (Å²) < 4.78 is 27.8. The van der Waals surface area contributed by atoms with Gasteiger partial charge in [-0.25, -0.2) is 9.78 Å². The van der Waals surface area contributed by atoms with Gasteiger partial charge in [0.25, 0.3) is 0 Å². The van der Waals surface area contributed by atoms with Crippen molar-refractivity contribution in [3.05, 3.63) is 60.4 Å². The van der Waals surface area contributed by atoms with Crippen LogP contribution in [-0.2, 0) is 0 Å². The Kier molecular flexibility index (Phi) is 4.92. The largest absolute Gasteiger partial charge is 0.337 e. The highest BCUT2D eigenvalue weighted by Gasteiger charge is 2.22. The third-order valence-electron chi connectivity index (χ3n) is 3.86. The number of imidazole rings is 1. The highest BCUT2D eigenvalue weighted by Crippen LogP contribution is 2.27. The number of nitrogens with zero attached hydrogens (tertiary/aromatic N) is 2. The summed E-state index contributed by atoms with van der Waals surface area (Å²) in [6.45, 7) is -0.750. The molecule has 2 N–H and O–H groups in total. The molecule has 0 aliphatic carbocycles. The fourth-order valence-electron chi connectivity index (χ4n) is 2.65. The van der Waals surface area contributed by atoms with E-state index in [9.17, 15) is 13.6 Å². The van der Waals surface area contributed by atoms with Crippen LogP contribution in [0.25, 0.3) is 11.0 Å². The second-order valence-electron chi connectivity index (χ2n) is 5.71. The summed E-state index contributed by atoms with van der Waals surface area (Å²) in [6, 6.07) is 15.4. The number of halogens is 2. The lowest BCUT2D eigenvalue weighted by Gasteiger charge is -2.15. The minimum Gasteiger partial charge on any atom is -0.337 e. The number of alkyl halides is 2. The molecule has 0 fully saturated rings. The number of rotatable bonds is 5. The molecule has 0 bridgehead atoms. The average molecular weight is 344 g/mol. The average Bonchev–Trinajstić information content (AvgIpc) is 3.00. The lowest BCUT2D eigenvalue weighted by atomic mass is 10.1. The SMILES string of the molecule is C[C@@H](CNC(=O)Nc1ccccc1)c1nc2ccccc2n1C(F)F. The van der Waals surface area contributed by atoms with E-state index in [-0.39, 0.29) is 18.3 Å². The fourth-order valence-corrected chi connectivity index (χ4v) is 2.65. The van der Waals surface area contributed by atoms with Crippen LogP contribution in [0.4, 0.5) is 19.3 Å². The standard InChI is InChI=1S/C18H18F2N4O/c1-12(11-21-18(25)22-13-7-3-2-4-8-13)16-23-14-9-5-6-10-15(14)24(16)17(19)20/h2-10,12,17H,11H2,1H3,(H2,21,22,25)/t12-/m0/s1. The Hall–Kier alpha value is -2.96. The molecule has 25 heavy (non-hydrogen) atoms. The van der Waals surface area contributed by atoms with Gasteiger partial charge in [-0.05, 0) is 24.3 Å². The number of benzene rings is 2. The van der Waals surface area contributed by atoms with Crippen molar-refractivity contribution in [1.82, 2.24) is 14.9 Å². The maximum Gasteiger partial charge on any atom is 0.320 e. The highest BCUT2D eigenvalue weighted by molar-refractivity contribution is 5.89. The topological polar surface area (TPSA) is 59.0 Å². The van der Waals surface area contributed by atoms with E-state index >= 15 is 0 Å². The normalized spacial score (nSPS) is 12.3. The number of hydrogen-bond donors (Lipinski definition) is 2. The number of para-hydroxylation sites is 3. The number of nitrogens with one attached hydrogen (secondary N) is 2. The number of carbonyl (C=O) groups excluding carboxylic acids is 1. The molecule has 2 aromatic carbocycles. The first-order chi connectivity index (χ1) is 12.1. The van der Waals surface area contributed by atoms with E-state index in [0.29, 0.717) is 16.7 Å². The monoisotopic (exact) mass is 344 g/mol. The van der Waals surface area contributed by atoms with Crippen LogP contribution in [0.2, 0.25) is 0 Å². The summed E-state index contributed by atoms with van der Waals surface area (Å²) in [5.74, 6) is -0.126. The van der Waals surface area contributed by atoms with Gasteiger partial charge in [0.15, 0.2) is 0 Å². The Bertz CT molecular complexity index is 864. The van der Waals surface area contributed by atoms with Crippen molar-refractivity contribution in [3.8, 4) is 0 Å². The third-order valence-corrected chi connectivity index (χ3v) is 3.86. The van der Waals surface area contributed by atoms with E-state index in [2.05, 4.69) is 15.6 Å². The van der Waals surface area contributed by atoms with Crippen LogP contribution in [0.5, 0.6) is 0 Å². The molecular formula is C18H18F2N4O. The molecule has 0 saturated carbocycles. The van der Waals surface area contributed by atoms with Gasteiger partial charge in [0.1, 0.15) is 5.82 Å². The fraction of sp³-hybridized carbons (Fsp3) is 0.222. The number of fused-ring (bicyclic) bond motifs is 1. The molecule has 1 atom stereocenters. The van der Waals surface area contributed by atoms with Gasteiger partial charge in [-0.2, -0.15) is 8.78 Å². The van der Waals surface area contributed by atoms with Gasteiger partial charge in [0, 0.05) is 18.2 Å². The van der Waals surface area contributed by atoms with E-state index in [0.717, 1.165) is 4.57 Å². The van der Waals surface area contributed by atoms with E-state index in [4.69, 9.17) is 0 Å². The summed E-state index contributed by atoms with van der Waals surface area (Å²) >= 11 is 0. The quantitative estimate of drug-likeness (QED) is 0.723. The molecule has 0 spiro atoms. The molecular weight excluding hydrogens is 326 g/mol. The summed E-state index contributed by atoms with van der Waals surface area (Å²) in [7, 11) is 0. The zero-order chi connectivity index (χ0) is 17.8. The van der Waals surface area contributed by atoms with Crippen LogP contribution >= 0.6 is 0 Å². The first-order valence-electron chi connectivity index (χ1n) is 7.91. The zero-order valence-electron chi connectivity index (χ0n) is 13.6. The highest BCUT2D eigenvalue weighted by atomic mass is 19.3. The third kappa shape index (κ3) is 3.76. The summed E-state index contributed by atoms with van der Waals surface area (Å²) in [5, 5.41) is 5.38. The van der Waals surface area contributed by atoms with Crippen molar-refractivity contribution in [2.75, 3.05) is 11.9 Å². The molecule has 0 radical (unpaired) electrons. The smallest absolute Gasteiger partial charge is 0.320 e. The van der Waals surface area contributed by atoms with Gasteiger partial charge in [0.2, 0.25) is 0 Å². The van der Waals surface area contributed by atoms with Crippen LogP contribution in [-0.4, -0.2) is 22.1 Å². The van der Waals surface area contributed by atoms with Gasteiger partial charge >= 0.3 is 12.6 Å². The number of aromatic nitrogens is 2. The molecule has 0 unspecified atom stereocenters. The van der Waals surface area contributed by atoms with Gasteiger partial charge in [-0.1, -0.05) is 37.3 Å². The van der Waals surface area contributed by atoms with Gasteiger partial charge in [-0.3, -0.25) is 4.57 Å². The first-order valence-corrected chi connectivity index (χ1v) is 7.91. The molecule has 3 rings (SSSR count). The minimum atomic E-state index is -2.69. The maximum atomic E-state index is 13.5. The maximum absolute atomic E-state index is 13.5. The number of hydrogen-bond acceptors (Lipinski definition) is 2. The summed E-state index contributed by atoms with van der Waals surface area (Å²) in [4.78, 5) is 16.2. The Morgan fingerprint density at radius 3 is 2.52 bits per heavy atom. The van der Waals surface area contributed by atoms with Crippen molar-refractivity contribution in [2.45, 2.75) is 19.4 Å². The van der Waals surface area contributed by atoms with Crippen LogP contribution < -0.4 is 10.6 Å².